The van der Waals surface area contributed by atoms with E-state index >= 15 is 0 Å². The Morgan fingerprint density at radius 3 is 2.55 bits per heavy atom. The van der Waals surface area contributed by atoms with Crippen LogP contribution in [0.15, 0.2) is 42.5 Å². The molecule has 0 aliphatic heterocycles. The average molecular weight is 301 g/mol. The maximum absolute atomic E-state index is 12.8. The highest BCUT2D eigenvalue weighted by Gasteiger charge is 2.12. The summed E-state index contributed by atoms with van der Waals surface area (Å²) in [4.78, 5) is 12.0. The van der Waals surface area contributed by atoms with Crippen LogP contribution in [0.1, 0.15) is 29.7 Å². The van der Waals surface area contributed by atoms with Gasteiger partial charge in [0.15, 0.2) is 6.61 Å². The summed E-state index contributed by atoms with van der Waals surface area (Å²) >= 11 is 0. The van der Waals surface area contributed by atoms with Crippen LogP contribution in [0.4, 0.5) is 4.39 Å². The predicted molar refractivity (Wildman–Crippen MR) is 84.4 cm³/mol. The van der Waals surface area contributed by atoms with Gasteiger partial charge in [-0.25, -0.2) is 4.39 Å². The fraction of sp³-hybridized carbons (Fsp3) is 0.278. The van der Waals surface area contributed by atoms with Gasteiger partial charge in [0.05, 0.1) is 6.04 Å². The maximum atomic E-state index is 12.8. The van der Waals surface area contributed by atoms with Crippen molar-refractivity contribution in [3.63, 3.8) is 0 Å². The first-order chi connectivity index (χ1) is 10.5. The quantitative estimate of drug-likeness (QED) is 0.914. The number of halogens is 1. The topological polar surface area (TPSA) is 38.3 Å². The number of ether oxygens (including phenoxy) is 1. The van der Waals surface area contributed by atoms with Gasteiger partial charge in [0.1, 0.15) is 11.6 Å². The van der Waals surface area contributed by atoms with Crippen LogP contribution in [0.2, 0.25) is 0 Å². The zero-order valence-electron chi connectivity index (χ0n) is 13.0. The SMILES string of the molecule is Cc1ccc(C)c([C@H](C)NC(=O)COc2ccc(F)cc2)c1. The van der Waals surface area contributed by atoms with E-state index < -0.39 is 0 Å². The number of nitrogens with one attached hydrogen (secondary N) is 1. The van der Waals surface area contributed by atoms with Gasteiger partial charge in [0.2, 0.25) is 0 Å². The van der Waals surface area contributed by atoms with E-state index in [1.807, 2.05) is 32.9 Å². The second-order valence-corrected chi connectivity index (χ2v) is 5.39. The summed E-state index contributed by atoms with van der Waals surface area (Å²) in [6, 6.07) is 11.7. The first-order valence-electron chi connectivity index (χ1n) is 7.20. The first kappa shape index (κ1) is 16.0. The van der Waals surface area contributed by atoms with Crippen LogP contribution in [0.3, 0.4) is 0 Å². The summed E-state index contributed by atoms with van der Waals surface area (Å²) in [7, 11) is 0. The van der Waals surface area contributed by atoms with E-state index in [-0.39, 0.29) is 24.4 Å². The molecule has 0 aromatic heterocycles. The van der Waals surface area contributed by atoms with E-state index in [0.717, 1.165) is 16.7 Å². The van der Waals surface area contributed by atoms with Crippen LogP contribution in [-0.2, 0) is 4.79 Å². The molecule has 0 heterocycles. The van der Waals surface area contributed by atoms with Crippen LogP contribution in [0.25, 0.3) is 0 Å². The molecule has 2 aromatic rings. The van der Waals surface area contributed by atoms with Gasteiger partial charge in [-0.2, -0.15) is 0 Å². The Morgan fingerprint density at radius 1 is 1.18 bits per heavy atom. The minimum Gasteiger partial charge on any atom is -0.484 e. The molecule has 0 bridgehead atoms. The fourth-order valence-corrected chi connectivity index (χ4v) is 2.27. The third kappa shape index (κ3) is 4.32. The number of hydrogen-bond acceptors (Lipinski definition) is 2. The molecule has 1 amide bonds. The lowest BCUT2D eigenvalue weighted by Gasteiger charge is -2.17. The fourth-order valence-electron chi connectivity index (χ4n) is 2.27. The summed E-state index contributed by atoms with van der Waals surface area (Å²) in [5.74, 6) is -0.0750. The van der Waals surface area contributed by atoms with Crippen molar-refractivity contribution in [2.24, 2.45) is 0 Å². The first-order valence-corrected chi connectivity index (χ1v) is 7.20. The molecule has 4 heteroatoms. The molecule has 1 N–H and O–H groups in total. The Morgan fingerprint density at radius 2 is 1.86 bits per heavy atom. The van der Waals surface area contributed by atoms with Gasteiger partial charge in [-0.3, -0.25) is 4.79 Å². The zero-order valence-corrected chi connectivity index (χ0v) is 13.0. The number of carbonyl (C=O) groups excluding carboxylic acids is 1. The van der Waals surface area contributed by atoms with Gasteiger partial charge >= 0.3 is 0 Å². The highest BCUT2D eigenvalue weighted by Crippen LogP contribution is 2.19. The summed E-state index contributed by atoms with van der Waals surface area (Å²) in [6.45, 7) is 5.89. The molecule has 3 nitrogen and oxygen atoms in total. The van der Waals surface area contributed by atoms with E-state index in [2.05, 4.69) is 11.4 Å². The van der Waals surface area contributed by atoms with E-state index in [1.54, 1.807) is 0 Å². The van der Waals surface area contributed by atoms with Crippen LogP contribution >= 0.6 is 0 Å². The standard InChI is InChI=1S/C18H20FNO2/c1-12-4-5-13(2)17(10-12)14(3)20-18(21)11-22-16-8-6-15(19)7-9-16/h4-10,14H,11H2,1-3H3,(H,20,21)/t14-/m0/s1. The largest absolute Gasteiger partial charge is 0.484 e. The maximum Gasteiger partial charge on any atom is 0.258 e. The molecule has 0 saturated carbocycles. The van der Waals surface area contributed by atoms with Crippen molar-refractivity contribution >= 4 is 5.91 Å². The highest BCUT2D eigenvalue weighted by molar-refractivity contribution is 5.78. The molecule has 0 aliphatic rings. The van der Waals surface area contributed by atoms with Crippen LogP contribution < -0.4 is 10.1 Å². The van der Waals surface area contributed by atoms with Crippen LogP contribution in [-0.4, -0.2) is 12.5 Å². The molecule has 0 saturated heterocycles. The molecule has 0 unspecified atom stereocenters. The summed E-state index contributed by atoms with van der Waals surface area (Å²) in [5, 5.41) is 2.91. The predicted octanol–water partition coefficient (Wildman–Crippen LogP) is 3.70. The van der Waals surface area contributed by atoms with Gasteiger partial charge in [0, 0.05) is 0 Å². The van der Waals surface area contributed by atoms with Crippen LogP contribution in [0, 0.1) is 19.7 Å². The van der Waals surface area contributed by atoms with Crippen molar-refractivity contribution in [1.82, 2.24) is 5.32 Å². The van der Waals surface area contributed by atoms with Crippen molar-refractivity contribution in [3.05, 3.63) is 65.0 Å². The van der Waals surface area contributed by atoms with E-state index in [0.29, 0.717) is 5.75 Å². The zero-order chi connectivity index (χ0) is 16.1. The Balaban J connectivity index is 1.91. The van der Waals surface area contributed by atoms with Crippen molar-refractivity contribution in [1.29, 1.82) is 0 Å². The lowest BCUT2D eigenvalue weighted by atomic mass is 10.00. The Bertz CT molecular complexity index is 653. The summed E-state index contributed by atoms with van der Waals surface area (Å²) in [6.07, 6.45) is 0. The van der Waals surface area contributed by atoms with Crippen molar-refractivity contribution in [3.8, 4) is 5.75 Å². The second-order valence-electron chi connectivity index (χ2n) is 5.39. The third-order valence-electron chi connectivity index (χ3n) is 3.46. The third-order valence-corrected chi connectivity index (χ3v) is 3.46. The number of benzene rings is 2. The lowest BCUT2D eigenvalue weighted by Crippen LogP contribution is -2.31. The molecule has 2 aromatic carbocycles. The monoisotopic (exact) mass is 301 g/mol. The summed E-state index contributed by atoms with van der Waals surface area (Å²) in [5.41, 5.74) is 3.39. The molecule has 116 valence electrons. The molecule has 0 fully saturated rings. The van der Waals surface area contributed by atoms with Crippen LogP contribution in [0.5, 0.6) is 5.75 Å². The van der Waals surface area contributed by atoms with Crippen molar-refractivity contribution < 1.29 is 13.9 Å². The lowest BCUT2D eigenvalue weighted by molar-refractivity contribution is -0.123. The number of amides is 1. The molecule has 0 spiro atoms. The molecule has 0 aliphatic carbocycles. The number of carbonyl (C=O) groups is 1. The number of rotatable bonds is 5. The van der Waals surface area contributed by atoms with Gasteiger partial charge < -0.3 is 10.1 Å². The molecular weight excluding hydrogens is 281 g/mol. The molecule has 2 rings (SSSR count). The highest BCUT2D eigenvalue weighted by atomic mass is 19.1. The Hall–Kier alpha value is -2.36. The van der Waals surface area contributed by atoms with Crippen molar-refractivity contribution in [2.75, 3.05) is 6.61 Å². The van der Waals surface area contributed by atoms with E-state index in [4.69, 9.17) is 4.74 Å². The smallest absolute Gasteiger partial charge is 0.258 e. The van der Waals surface area contributed by atoms with Gasteiger partial charge in [-0.15, -0.1) is 0 Å². The number of hydrogen-bond donors (Lipinski definition) is 1. The molecule has 1 atom stereocenters. The normalized spacial score (nSPS) is 11.8. The van der Waals surface area contributed by atoms with Gasteiger partial charge in [-0.05, 0) is 56.2 Å². The van der Waals surface area contributed by atoms with Gasteiger partial charge in [-0.1, -0.05) is 23.8 Å². The minimum atomic E-state index is -0.333. The van der Waals surface area contributed by atoms with E-state index in [1.165, 1.54) is 24.3 Å². The van der Waals surface area contributed by atoms with Gasteiger partial charge in [0.25, 0.3) is 5.91 Å². The minimum absolute atomic E-state index is 0.0933. The molecule has 22 heavy (non-hydrogen) atoms. The second kappa shape index (κ2) is 7.07. The van der Waals surface area contributed by atoms with E-state index in [9.17, 15) is 9.18 Å². The summed E-state index contributed by atoms with van der Waals surface area (Å²) < 4.78 is 18.1. The molecule has 0 radical (unpaired) electrons. The molecular formula is C18H20FNO2. The number of aryl methyl sites for hydroxylation is 2. The van der Waals surface area contributed by atoms with Crippen molar-refractivity contribution in [2.45, 2.75) is 26.8 Å². The Labute approximate surface area is 130 Å². The average Bonchev–Trinajstić information content (AvgIpc) is 2.49. The Kier molecular flexibility index (Phi) is 5.15.